The fourth-order valence-corrected chi connectivity index (χ4v) is 2.96. The Labute approximate surface area is 165 Å². The normalized spacial score (nSPS) is 10.7. The number of hydrogen-bond donors (Lipinski definition) is 2. The standard InChI is InChI=1S/C18H15Cl2N3O2S/c1-2-3-16(24)23-18(26)21-11-5-6-13(20)12(9-11)17-22-14-8-10(19)4-7-15(14)25-17/h4-9H,2-3H2,1H3,(H2,21,23,24,26). The van der Waals surface area contributed by atoms with Crippen molar-refractivity contribution in [3.8, 4) is 11.5 Å². The summed E-state index contributed by atoms with van der Waals surface area (Å²) in [5, 5.41) is 6.87. The molecule has 0 aliphatic rings. The summed E-state index contributed by atoms with van der Waals surface area (Å²) in [7, 11) is 0. The van der Waals surface area contributed by atoms with E-state index in [0.29, 0.717) is 44.7 Å². The number of thiocarbonyl (C=S) groups is 1. The Balaban J connectivity index is 1.85. The summed E-state index contributed by atoms with van der Waals surface area (Å²) >= 11 is 17.4. The van der Waals surface area contributed by atoms with Crippen molar-refractivity contribution >= 4 is 63.2 Å². The number of benzene rings is 2. The number of fused-ring (bicyclic) bond motifs is 1. The van der Waals surface area contributed by atoms with Gasteiger partial charge in [0.2, 0.25) is 11.8 Å². The fraction of sp³-hybridized carbons (Fsp3) is 0.167. The van der Waals surface area contributed by atoms with E-state index >= 15 is 0 Å². The molecule has 0 unspecified atom stereocenters. The molecule has 0 saturated heterocycles. The van der Waals surface area contributed by atoms with Crippen LogP contribution in [-0.4, -0.2) is 16.0 Å². The molecule has 1 aromatic heterocycles. The van der Waals surface area contributed by atoms with Crippen LogP contribution in [0, 0.1) is 0 Å². The van der Waals surface area contributed by atoms with Crippen LogP contribution in [0.5, 0.6) is 0 Å². The zero-order valence-electron chi connectivity index (χ0n) is 13.8. The lowest BCUT2D eigenvalue weighted by atomic mass is 10.2. The lowest BCUT2D eigenvalue weighted by Crippen LogP contribution is -2.33. The van der Waals surface area contributed by atoms with Gasteiger partial charge in [0.25, 0.3) is 0 Å². The molecule has 2 aromatic carbocycles. The molecule has 3 rings (SSSR count). The number of halogens is 2. The Morgan fingerprint density at radius 2 is 2.04 bits per heavy atom. The van der Waals surface area contributed by atoms with Gasteiger partial charge in [0.15, 0.2) is 10.7 Å². The van der Waals surface area contributed by atoms with Crippen LogP contribution >= 0.6 is 35.4 Å². The first-order valence-electron chi connectivity index (χ1n) is 7.93. The monoisotopic (exact) mass is 407 g/mol. The first kappa shape index (κ1) is 18.6. The smallest absolute Gasteiger partial charge is 0.228 e. The van der Waals surface area contributed by atoms with Crippen LogP contribution in [0.1, 0.15) is 19.8 Å². The van der Waals surface area contributed by atoms with E-state index in [1.807, 2.05) is 6.92 Å². The molecule has 0 bridgehead atoms. The van der Waals surface area contributed by atoms with E-state index in [0.717, 1.165) is 6.42 Å². The molecular weight excluding hydrogens is 393 g/mol. The van der Waals surface area contributed by atoms with Crippen molar-refractivity contribution in [3.05, 3.63) is 46.4 Å². The van der Waals surface area contributed by atoms with Crippen LogP contribution < -0.4 is 10.6 Å². The second-order valence-corrected chi connectivity index (χ2v) is 6.83. The molecule has 5 nitrogen and oxygen atoms in total. The summed E-state index contributed by atoms with van der Waals surface area (Å²) < 4.78 is 5.76. The van der Waals surface area contributed by atoms with Gasteiger partial charge in [-0.3, -0.25) is 4.79 Å². The van der Waals surface area contributed by atoms with Gasteiger partial charge in [-0.2, -0.15) is 0 Å². The number of carbonyl (C=O) groups is 1. The predicted molar refractivity (Wildman–Crippen MR) is 109 cm³/mol. The van der Waals surface area contributed by atoms with Crippen molar-refractivity contribution < 1.29 is 9.21 Å². The average Bonchev–Trinajstić information content (AvgIpc) is 2.99. The average molecular weight is 408 g/mol. The number of oxazole rings is 1. The van der Waals surface area contributed by atoms with Gasteiger partial charge in [0.05, 0.1) is 10.6 Å². The van der Waals surface area contributed by atoms with Gasteiger partial charge in [-0.05, 0) is 55.0 Å². The highest BCUT2D eigenvalue weighted by Gasteiger charge is 2.13. The van der Waals surface area contributed by atoms with Gasteiger partial charge in [0, 0.05) is 17.1 Å². The Morgan fingerprint density at radius 1 is 1.23 bits per heavy atom. The maximum Gasteiger partial charge on any atom is 0.228 e. The minimum absolute atomic E-state index is 0.130. The first-order chi connectivity index (χ1) is 12.5. The second kappa shape index (κ2) is 8.03. The number of hydrogen-bond acceptors (Lipinski definition) is 4. The van der Waals surface area contributed by atoms with Crippen LogP contribution in [-0.2, 0) is 4.79 Å². The van der Waals surface area contributed by atoms with Crippen LogP contribution in [0.25, 0.3) is 22.6 Å². The number of aromatic nitrogens is 1. The van der Waals surface area contributed by atoms with Gasteiger partial charge in [-0.15, -0.1) is 0 Å². The molecule has 2 N–H and O–H groups in total. The quantitative estimate of drug-likeness (QED) is 0.565. The Morgan fingerprint density at radius 3 is 2.81 bits per heavy atom. The summed E-state index contributed by atoms with van der Waals surface area (Å²) in [6, 6.07) is 10.4. The summed E-state index contributed by atoms with van der Waals surface area (Å²) in [6.45, 7) is 1.93. The van der Waals surface area contributed by atoms with E-state index in [9.17, 15) is 4.79 Å². The largest absolute Gasteiger partial charge is 0.436 e. The van der Waals surface area contributed by atoms with Crippen molar-refractivity contribution in [2.24, 2.45) is 0 Å². The summed E-state index contributed by atoms with van der Waals surface area (Å²) in [5.41, 5.74) is 2.52. The van der Waals surface area contributed by atoms with Crippen molar-refractivity contribution in [1.82, 2.24) is 10.3 Å². The summed E-state index contributed by atoms with van der Waals surface area (Å²) in [4.78, 5) is 16.0. The van der Waals surface area contributed by atoms with E-state index in [-0.39, 0.29) is 11.0 Å². The van der Waals surface area contributed by atoms with Crippen molar-refractivity contribution in [2.75, 3.05) is 5.32 Å². The molecule has 0 radical (unpaired) electrons. The van der Waals surface area contributed by atoms with Crippen molar-refractivity contribution in [3.63, 3.8) is 0 Å². The number of nitrogens with one attached hydrogen (secondary N) is 2. The first-order valence-corrected chi connectivity index (χ1v) is 9.09. The van der Waals surface area contributed by atoms with Crippen LogP contribution in [0.15, 0.2) is 40.8 Å². The third-order valence-corrected chi connectivity index (χ3v) is 4.30. The molecule has 0 saturated carbocycles. The minimum Gasteiger partial charge on any atom is -0.436 e. The zero-order chi connectivity index (χ0) is 18.7. The fourth-order valence-electron chi connectivity index (χ4n) is 2.36. The molecule has 1 amide bonds. The van der Waals surface area contributed by atoms with Gasteiger partial charge in [-0.25, -0.2) is 4.98 Å². The lowest BCUT2D eigenvalue weighted by Gasteiger charge is -2.10. The Bertz CT molecular complexity index is 988. The van der Waals surface area contributed by atoms with E-state index in [2.05, 4.69) is 15.6 Å². The number of anilines is 1. The highest BCUT2D eigenvalue weighted by molar-refractivity contribution is 7.80. The van der Waals surface area contributed by atoms with Crippen molar-refractivity contribution in [2.45, 2.75) is 19.8 Å². The van der Waals surface area contributed by atoms with Crippen LogP contribution in [0.4, 0.5) is 5.69 Å². The van der Waals surface area contributed by atoms with E-state index in [1.54, 1.807) is 36.4 Å². The summed E-state index contributed by atoms with van der Waals surface area (Å²) in [6.07, 6.45) is 1.17. The highest BCUT2D eigenvalue weighted by atomic mass is 35.5. The molecule has 3 aromatic rings. The predicted octanol–water partition coefficient (Wildman–Crippen LogP) is 5.41. The molecule has 0 spiro atoms. The molecule has 0 aliphatic carbocycles. The summed E-state index contributed by atoms with van der Waals surface area (Å²) in [5.74, 6) is 0.242. The maximum atomic E-state index is 11.6. The molecular formula is C18H15Cl2N3O2S. The molecule has 134 valence electrons. The number of carbonyl (C=O) groups excluding carboxylic acids is 1. The zero-order valence-corrected chi connectivity index (χ0v) is 16.1. The Hall–Kier alpha value is -2.15. The minimum atomic E-state index is -0.130. The molecule has 8 heteroatoms. The van der Waals surface area contributed by atoms with Crippen LogP contribution in [0.3, 0.4) is 0 Å². The van der Waals surface area contributed by atoms with Gasteiger partial charge in [0.1, 0.15) is 5.52 Å². The Kier molecular flexibility index (Phi) is 5.76. The maximum absolute atomic E-state index is 11.6. The molecule has 0 aliphatic heterocycles. The topological polar surface area (TPSA) is 67.2 Å². The van der Waals surface area contributed by atoms with Crippen molar-refractivity contribution in [1.29, 1.82) is 0 Å². The third-order valence-electron chi connectivity index (χ3n) is 3.53. The van der Waals surface area contributed by atoms with Crippen LogP contribution in [0.2, 0.25) is 10.0 Å². The van der Waals surface area contributed by atoms with Gasteiger partial charge in [-0.1, -0.05) is 30.1 Å². The third kappa shape index (κ3) is 4.33. The van der Waals surface area contributed by atoms with E-state index < -0.39 is 0 Å². The number of nitrogens with zero attached hydrogens (tertiary/aromatic N) is 1. The van der Waals surface area contributed by atoms with Gasteiger partial charge < -0.3 is 15.1 Å². The molecule has 0 fully saturated rings. The lowest BCUT2D eigenvalue weighted by molar-refractivity contribution is -0.119. The van der Waals surface area contributed by atoms with Gasteiger partial charge >= 0.3 is 0 Å². The second-order valence-electron chi connectivity index (χ2n) is 5.58. The van der Waals surface area contributed by atoms with E-state index in [4.69, 9.17) is 39.8 Å². The SMILES string of the molecule is CCCC(=O)NC(=S)Nc1ccc(Cl)c(-c2nc3cc(Cl)ccc3o2)c1. The molecule has 1 heterocycles. The highest BCUT2D eigenvalue weighted by Crippen LogP contribution is 2.32. The molecule has 0 atom stereocenters. The number of rotatable bonds is 4. The molecule has 26 heavy (non-hydrogen) atoms. The van der Waals surface area contributed by atoms with E-state index in [1.165, 1.54) is 0 Å². The number of amides is 1.